The normalized spacial score (nSPS) is 13.3. The summed E-state index contributed by atoms with van der Waals surface area (Å²) in [6, 6.07) is -0.170. The van der Waals surface area contributed by atoms with Crippen molar-refractivity contribution in [3.05, 3.63) is 16.1 Å². The van der Waals surface area contributed by atoms with Crippen LogP contribution in [0, 0.1) is 0 Å². The number of aromatic nitrogens is 1. The van der Waals surface area contributed by atoms with Gasteiger partial charge in [-0.25, -0.2) is 4.98 Å². The molecule has 0 aliphatic heterocycles. The average molecular weight is 297 g/mol. The third kappa shape index (κ3) is 4.56. The first kappa shape index (κ1) is 17.1. The molecular weight excluding hydrogens is 270 g/mol. The van der Waals surface area contributed by atoms with Crippen molar-refractivity contribution >= 4 is 17.2 Å². The van der Waals surface area contributed by atoms with E-state index in [1.54, 1.807) is 11.3 Å². The summed E-state index contributed by atoms with van der Waals surface area (Å²) in [4.78, 5) is 18.6. The van der Waals surface area contributed by atoms with Crippen molar-refractivity contribution < 1.29 is 4.79 Å². The molecule has 0 aromatic carbocycles. The van der Waals surface area contributed by atoms with Crippen molar-refractivity contribution in [2.45, 2.75) is 59.5 Å². The largest absolute Gasteiger partial charge is 0.342 e. The summed E-state index contributed by atoms with van der Waals surface area (Å²) in [5, 5.41) is 6.41. The molecule has 1 atom stereocenters. The molecule has 0 bridgehead atoms. The van der Waals surface area contributed by atoms with Gasteiger partial charge >= 0.3 is 0 Å². The number of nitrogens with zero attached hydrogens (tertiary/aromatic N) is 2. The molecule has 0 fully saturated rings. The maximum absolute atomic E-state index is 12.1. The lowest BCUT2D eigenvalue weighted by molar-refractivity contribution is -0.132. The van der Waals surface area contributed by atoms with Gasteiger partial charge in [0.2, 0.25) is 5.91 Å². The average Bonchev–Trinajstić information content (AvgIpc) is 2.86. The summed E-state index contributed by atoms with van der Waals surface area (Å²) >= 11 is 1.65. The summed E-state index contributed by atoms with van der Waals surface area (Å²) in [5.41, 5.74) is 1.19. The minimum absolute atomic E-state index is 0.0808. The first-order valence-corrected chi connectivity index (χ1v) is 8.14. The lowest BCUT2D eigenvalue weighted by atomic mass is 9.93. The third-order valence-corrected chi connectivity index (χ3v) is 4.17. The van der Waals surface area contributed by atoms with Crippen LogP contribution in [-0.2, 0) is 16.8 Å². The molecule has 0 aliphatic carbocycles. The molecule has 0 spiro atoms. The van der Waals surface area contributed by atoms with Gasteiger partial charge in [-0.15, -0.1) is 11.3 Å². The van der Waals surface area contributed by atoms with Gasteiger partial charge < -0.3 is 4.90 Å². The molecule has 1 heterocycles. The Kier molecular flexibility index (Phi) is 6.14. The molecule has 4 nitrogen and oxygen atoms in total. The van der Waals surface area contributed by atoms with Gasteiger partial charge in [-0.05, 0) is 20.8 Å². The van der Waals surface area contributed by atoms with Gasteiger partial charge in [0.25, 0.3) is 0 Å². The number of hydrogen-bond acceptors (Lipinski definition) is 4. The van der Waals surface area contributed by atoms with E-state index in [0.29, 0.717) is 6.54 Å². The number of amides is 1. The van der Waals surface area contributed by atoms with Gasteiger partial charge in [0.1, 0.15) is 5.01 Å². The highest BCUT2D eigenvalue weighted by Gasteiger charge is 2.20. The molecule has 1 amide bonds. The molecule has 0 saturated carbocycles. The quantitative estimate of drug-likeness (QED) is 0.878. The van der Waals surface area contributed by atoms with Crippen molar-refractivity contribution in [1.82, 2.24) is 15.2 Å². The second kappa shape index (κ2) is 7.18. The molecule has 1 aromatic rings. The molecule has 0 saturated heterocycles. The van der Waals surface area contributed by atoms with Gasteiger partial charge in [0.15, 0.2) is 0 Å². The van der Waals surface area contributed by atoms with E-state index in [0.717, 1.165) is 23.8 Å². The van der Waals surface area contributed by atoms with Crippen LogP contribution in [0.3, 0.4) is 0 Å². The molecule has 0 radical (unpaired) electrons. The molecule has 1 unspecified atom stereocenters. The summed E-state index contributed by atoms with van der Waals surface area (Å²) < 4.78 is 0. The molecule has 0 aliphatic rings. The molecule has 5 heteroatoms. The Balaban J connectivity index is 2.55. The highest BCUT2D eigenvalue weighted by molar-refractivity contribution is 7.09. The van der Waals surface area contributed by atoms with Gasteiger partial charge in [-0.1, -0.05) is 20.8 Å². The summed E-state index contributed by atoms with van der Waals surface area (Å²) in [6.07, 6.45) is 0. The summed E-state index contributed by atoms with van der Waals surface area (Å²) in [7, 11) is 0. The molecule has 20 heavy (non-hydrogen) atoms. The number of carbonyl (C=O) groups is 1. The Morgan fingerprint density at radius 2 is 2.00 bits per heavy atom. The fraction of sp³-hybridized carbons (Fsp3) is 0.733. The highest BCUT2D eigenvalue weighted by Crippen LogP contribution is 2.23. The Bertz CT molecular complexity index is 433. The zero-order valence-corrected chi connectivity index (χ0v) is 14.3. The minimum Gasteiger partial charge on any atom is -0.342 e. The number of hydrogen-bond donors (Lipinski definition) is 1. The van der Waals surface area contributed by atoms with Crippen LogP contribution >= 0.6 is 11.3 Å². The molecule has 1 N–H and O–H groups in total. The standard InChI is InChI=1S/C15H27N3OS/c1-7-18(8-2)14(19)11(3)16-9-13-17-12(10-20-13)15(4,5)6/h10-11,16H,7-9H2,1-6H3. The Morgan fingerprint density at radius 3 is 2.45 bits per heavy atom. The van der Waals surface area contributed by atoms with E-state index in [1.165, 1.54) is 0 Å². The highest BCUT2D eigenvalue weighted by atomic mass is 32.1. The summed E-state index contributed by atoms with van der Waals surface area (Å²) in [6.45, 7) is 14.6. The summed E-state index contributed by atoms with van der Waals surface area (Å²) in [5.74, 6) is 0.155. The van der Waals surface area contributed by atoms with E-state index in [1.807, 2.05) is 25.7 Å². The van der Waals surface area contributed by atoms with Crippen molar-refractivity contribution in [1.29, 1.82) is 0 Å². The first-order valence-electron chi connectivity index (χ1n) is 7.26. The van der Waals surface area contributed by atoms with Crippen LogP contribution in [0.2, 0.25) is 0 Å². The SMILES string of the molecule is CCN(CC)C(=O)C(C)NCc1nc(C(C)(C)C)cs1. The van der Waals surface area contributed by atoms with Crippen molar-refractivity contribution in [3.8, 4) is 0 Å². The lowest BCUT2D eigenvalue weighted by Gasteiger charge is -2.23. The maximum atomic E-state index is 12.1. The smallest absolute Gasteiger partial charge is 0.239 e. The number of rotatable bonds is 6. The van der Waals surface area contributed by atoms with Crippen molar-refractivity contribution in [3.63, 3.8) is 0 Å². The van der Waals surface area contributed by atoms with Crippen LogP contribution in [0.25, 0.3) is 0 Å². The zero-order valence-electron chi connectivity index (χ0n) is 13.5. The lowest BCUT2D eigenvalue weighted by Crippen LogP contribution is -2.44. The predicted octanol–water partition coefficient (Wildman–Crippen LogP) is 2.79. The van der Waals surface area contributed by atoms with Gasteiger partial charge in [0.05, 0.1) is 11.7 Å². The van der Waals surface area contributed by atoms with Crippen LogP contribution in [0.1, 0.15) is 52.2 Å². The van der Waals surface area contributed by atoms with E-state index in [4.69, 9.17) is 0 Å². The predicted molar refractivity (Wildman–Crippen MR) is 85.0 cm³/mol. The zero-order chi connectivity index (χ0) is 15.3. The van der Waals surface area contributed by atoms with Crippen LogP contribution in [0.5, 0.6) is 0 Å². The number of likely N-dealkylation sites (N-methyl/N-ethyl adjacent to an activating group) is 1. The Morgan fingerprint density at radius 1 is 1.40 bits per heavy atom. The fourth-order valence-electron chi connectivity index (χ4n) is 1.87. The van der Waals surface area contributed by atoms with Gasteiger partial charge in [-0.3, -0.25) is 10.1 Å². The monoisotopic (exact) mass is 297 g/mol. The van der Waals surface area contributed by atoms with Crippen LogP contribution in [0.4, 0.5) is 0 Å². The molecule has 1 rings (SSSR count). The number of nitrogens with one attached hydrogen (secondary N) is 1. The second-order valence-corrected chi connectivity index (χ2v) is 6.93. The van der Waals surface area contributed by atoms with E-state index < -0.39 is 0 Å². The molecular formula is C15H27N3OS. The third-order valence-electron chi connectivity index (χ3n) is 3.33. The first-order chi connectivity index (χ1) is 9.29. The minimum atomic E-state index is -0.170. The molecule has 1 aromatic heterocycles. The number of thiazole rings is 1. The maximum Gasteiger partial charge on any atom is 0.239 e. The Labute approximate surface area is 126 Å². The van der Waals surface area contributed by atoms with Crippen molar-refractivity contribution in [2.75, 3.05) is 13.1 Å². The number of carbonyl (C=O) groups excluding carboxylic acids is 1. The van der Waals surface area contributed by atoms with E-state index >= 15 is 0 Å². The van der Waals surface area contributed by atoms with Crippen LogP contribution in [-0.4, -0.2) is 34.9 Å². The van der Waals surface area contributed by atoms with Crippen LogP contribution < -0.4 is 5.32 Å². The fourth-order valence-corrected chi connectivity index (χ4v) is 2.85. The Hall–Kier alpha value is -0.940. The van der Waals surface area contributed by atoms with Gasteiger partial charge in [-0.2, -0.15) is 0 Å². The molecule has 114 valence electrons. The second-order valence-electron chi connectivity index (χ2n) is 5.99. The topological polar surface area (TPSA) is 45.2 Å². The van der Waals surface area contributed by atoms with E-state index in [-0.39, 0.29) is 17.4 Å². The van der Waals surface area contributed by atoms with E-state index in [9.17, 15) is 4.79 Å². The van der Waals surface area contributed by atoms with Crippen LogP contribution in [0.15, 0.2) is 5.38 Å². The van der Waals surface area contributed by atoms with E-state index in [2.05, 4.69) is 36.5 Å². The van der Waals surface area contributed by atoms with Gasteiger partial charge in [0, 0.05) is 30.4 Å². The van der Waals surface area contributed by atoms with Crippen molar-refractivity contribution in [2.24, 2.45) is 0 Å².